The monoisotopic (exact) mass is 308 g/mol. The first kappa shape index (κ1) is 15.7. The number of aromatic carboxylic acids is 1. The largest absolute Gasteiger partial charge is 0.478 e. The second-order valence-corrected chi connectivity index (χ2v) is 6.27. The molecule has 1 unspecified atom stereocenters. The van der Waals surface area contributed by atoms with Crippen molar-refractivity contribution in [3.8, 4) is 0 Å². The van der Waals surface area contributed by atoms with Crippen molar-refractivity contribution in [2.24, 2.45) is 5.92 Å². The number of rotatable bonds is 6. The van der Waals surface area contributed by atoms with Crippen LogP contribution in [-0.4, -0.2) is 41.7 Å². The molecule has 3 N–H and O–H groups in total. The van der Waals surface area contributed by atoms with Gasteiger partial charge in [-0.3, -0.25) is 0 Å². The highest BCUT2D eigenvalue weighted by molar-refractivity contribution is 7.99. The number of amides is 2. The van der Waals surface area contributed by atoms with Crippen molar-refractivity contribution >= 4 is 23.8 Å². The van der Waals surface area contributed by atoms with Gasteiger partial charge in [0.2, 0.25) is 0 Å². The van der Waals surface area contributed by atoms with Crippen molar-refractivity contribution in [1.29, 1.82) is 0 Å². The molecule has 114 valence electrons. The molecule has 1 aromatic carbocycles. The van der Waals surface area contributed by atoms with Gasteiger partial charge in [-0.2, -0.15) is 11.8 Å². The van der Waals surface area contributed by atoms with Crippen molar-refractivity contribution < 1.29 is 14.7 Å². The predicted octanol–water partition coefficient (Wildman–Crippen LogP) is 1.98. The van der Waals surface area contributed by atoms with E-state index in [-0.39, 0.29) is 11.6 Å². The van der Waals surface area contributed by atoms with Gasteiger partial charge in [0.25, 0.3) is 0 Å². The van der Waals surface area contributed by atoms with Crippen molar-refractivity contribution in [2.75, 3.05) is 24.6 Å². The van der Waals surface area contributed by atoms with Crippen LogP contribution < -0.4 is 10.6 Å². The second-order valence-electron chi connectivity index (χ2n) is 5.12. The Labute approximate surface area is 128 Å². The summed E-state index contributed by atoms with van der Waals surface area (Å²) in [5.41, 5.74) is 1.28. The Morgan fingerprint density at radius 3 is 2.62 bits per heavy atom. The summed E-state index contributed by atoms with van der Waals surface area (Å²) in [4.78, 5) is 22.4. The van der Waals surface area contributed by atoms with E-state index < -0.39 is 5.97 Å². The number of hydrogen-bond donors (Lipinski definition) is 3. The maximum atomic E-state index is 11.6. The molecule has 0 radical (unpaired) electrons. The zero-order chi connectivity index (χ0) is 15.1. The molecule has 0 aromatic heterocycles. The molecule has 6 heteroatoms. The highest BCUT2D eigenvalue weighted by Gasteiger charge is 2.15. The van der Waals surface area contributed by atoms with Crippen LogP contribution in [0.1, 0.15) is 22.3 Å². The predicted molar refractivity (Wildman–Crippen MR) is 83.9 cm³/mol. The van der Waals surface area contributed by atoms with E-state index in [1.807, 2.05) is 11.8 Å². The van der Waals surface area contributed by atoms with Gasteiger partial charge in [-0.15, -0.1) is 0 Å². The average Bonchev–Trinajstić information content (AvgIpc) is 2.99. The van der Waals surface area contributed by atoms with Crippen LogP contribution >= 0.6 is 11.8 Å². The molecule has 1 aliphatic rings. The first-order chi connectivity index (χ1) is 10.1. The number of carbonyl (C=O) groups excluding carboxylic acids is 1. The van der Waals surface area contributed by atoms with Gasteiger partial charge in [0.05, 0.1) is 5.56 Å². The Morgan fingerprint density at radius 2 is 2.00 bits per heavy atom. The van der Waals surface area contributed by atoms with Gasteiger partial charge in [0.15, 0.2) is 0 Å². The Balaban J connectivity index is 1.63. The van der Waals surface area contributed by atoms with Crippen molar-refractivity contribution in [1.82, 2.24) is 10.6 Å². The number of carbonyl (C=O) groups is 2. The summed E-state index contributed by atoms with van der Waals surface area (Å²) in [6.07, 6.45) is 1.87. The van der Waals surface area contributed by atoms with E-state index in [1.54, 1.807) is 24.3 Å². The molecule has 2 amide bonds. The zero-order valence-corrected chi connectivity index (χ0v) is 12.6. The van der Waals surface area contributed by atoms with Gasteiger partial charge in [-0.1, -0.05) is 12.1 Å². The molecule has 0 aliphatic carbocycles. The van der Waals surface area contributed by atoms with Gasteiger partial charge in [0.1, 0.15) is 0 Å². The summed E-state index contributed by atoms with van der Waals surface area (Å²) < 4.78 is 0. The van der Waals surface area contributed by atoms with Gasteiger partial charge in [-0.25, -0.2) is 9.59 Å². The highest BCUT2D eigenvalue weighted by Crippen LogP contribution is 2.22. The number of hydrogen-bond acceptors (Lipinski definition) is 3. The maximum absolute atomic E-state index is 11.6. The standard InChI is InChI=1S/C15H20N2O3S/c18-14(19)13-3-1-11(2-4-13)5-7-16-15(20)17-9-12-6-8-21-10-12/h1-4,12H,5-10H2,(H,18,19)(H2,16,17,20). The minimum Gasteiger partial charge on any atom is -0.478 e. The summed E-state index contributed by atoms with van der Waals surface area (Å²) in [5, 5.41) is 14.5. The van der Waals surface area contributed by atoms with E-state index in [0.29, 0.717) is 18.9 Å². The normalized spacial score (nSPS) is 17.4. The van der Waals surface area contributed by atoms with Gasteiger partial charge in [0, 0.05) is 13.1 Å². The Kier molecular flexibility index (Phi) is 5.92. The van der Waals surface area contributed by atoms with E-state index in [9.17, 15) is 9.59 Å². The minimum absolute atomic E-state index is 0.131. The van der Waals surface area contributed by atoms with Crippen LogP contribution in [0.2, 0.25) is 0 Å². The molecular formula is C15H20N2O3S. The lowest BCUT2D eigenvalue weighted by atomic mass is 10.1. The molecule has 1 saturated heterocycles. The van der Waals surface area contributed by atoms with Crippen molar-refractivity contribution in [3.05, 3.63) is 35.4 Å². The smallest absolute Gasteiger partial charge is 0.335 e. The van der Waals surface area contributed by atoms with E-state index in [0.717, 1.165) is 17.9 Å². The summed E-state index contributed by atoms with van der Waals surface area (Å²) in [6, 6.07) is 6.58. The molecule has 21 heavy (non-hydrogen) atoms. The second kappa shape index (κ2) is 7.93. The Hall–Kier alpha value is -1.69. The van der Waals surface area contributed by atoms with Gasteiger partial charge in [-0.05, 0) is 48.0 Å². The summed E-state index contributed by atoms with van der Waals surface area (Å²) in [6.45, 7) is 1.28. The van der Waals surface area contributed by atoms with Crippen LogP contribution in [-0.2, 0) is 6.42 Å². The molecule has 1 fully saturated rings. The molecule has 2 rings (SSSR count). The van der Waals surface area contributed by atoms with E-state index in [4.69, 9.17) is 5.11 Å². The third-order valence-corrected chi connectivity index (χ3v) is 4.71. The van der Waals surface area contributed by atoms with E-state index >= 15 is 0 Å². The molecule has 1 aromatic rings. The summed E-state index contributed by atoms with van der Waals surface area (Å²) >= 11 is 1.94. The maximum Gasteiger partial charge on any atom is 0.335 e. The van der Waals surface area contributed by atoms with Crippen LogP contribution in [0.3, 0.4) is 0 Å². The van der Waals surface area contributed by atoms with Crippen LogP contribution in [0.15, 0.2) is 24.3 Å². The fourth-order valence-electron chi connectivity index (χ4n) is 2.18. The lowest BCUT2D eigenvalue weighted by Crippen LogP contribution is -2.39. The number of nitrogens with one attached hydrogen (secondary N) is 2. The summed E-state index contributed by atoms with van der Waals surface area (Å²) in [7, 11) is 0. The van der Waals surface area contributed by atoms with Gasteiger partial charge >= 0.3 is 12.0 Å². The highest BCUT2D eigenvalue weighted by atomic mass is 32.2. The molecule has 0 spiro atoms. The third kappa shape index (κ3) is 5.30. The molecule has 1 heterocycles. The molecule has 5 nitrogen and oxygen atoms in total. The van der Waals surface area contributed by atoms with Crippen LogP contribution in [0.5, 0.6) is 0 Å². The SMILES string of the molecule is O=C(NCCc1ccc(C(=O)O)cc1)NCC1CCSC1. The topological polar surface area (TPSA) is 78.4 Å². The molecule has 0 saturated carbocycles. The average molecular weight is 308 g/mol. The van der Waals surface area contributed by atoms with Crippen LogP contribution in [0.25, 0.3) is 0 Å². The molecule has 1 aliphatic heterocycles. The molecule has 0 bridgehead atoms. The first-order valence-corrected chi connectivity index (χ1v) is 8.22. The van der Waals surface area contributed by atoms with E-state index in [1.165, 1.54) is 12.2 Å². The van der Waals surface area contributed by atoms with Gasteiger partial charge < -0.3 is 15.7 Å². The minimum atomic E-state index is -0.927. The van der Waals surface area contributed by atoms with Crippen LogP contribution in [0, 0.1) is 5.92 Å². The van der Waals surface area contributed by atoms with E-state index in [2.05, 4.69) is 10.6 Å². The fourth-order valence-corrected chi connectivity index (χ4v) is 3.46. The van der Waals surface area contributed by atoms with Crippen LogP contribution in [0.4, 0.5) is 4.79 Å². The lowest BCUT2D eigenvalue weighted by molar-refractivity contribution is 0.0697. The van der Waals surface area contributed by atoms with Crippen molar-refractivity contribution in [2.45, 2.75) is 12.8 Å². The quantitative estimate of drug-likeness (QED) is 0.751. The number of urea groups is 1. The fraction of sp³-hybridized carbons (Fsp3) is 0.467. The number of carboxylic acids is 1. The summed E-state index contributed by atoms with van der Waals surface area (Å²) in [5.74, 6) is 2.00. The lowest BCUT2D eigenvalue weighted by Gasteiger charge is -2.11. The zero-order valence-electron chi connectivity index (χ0n) is 11.8. The number of carboxylic acid groups (broad SMARTS) is 1. The third-order valence-electron chi connectivity index (χ3n) is 3.48. The number of thioether (sulfide) groups is 1. The Morgan fingerprint density at radius 1 is 1.24 bits per heavy atom. The molecule has 1 atom stereocenters. The Bertz CT molecular complexity index is 484. The molecular weight excluding hydrogens is 288 g/mol. The van der Waals surface area contributed by atoms with Crippen molar-refractivity contribution in [3.63, 3.8) is 0 Å². The number of benzene rings is 1. The first-order valence-electron chi connectivity index (χ1n) is 7.07.